The largest absolute Gasteiger partial charge is 0.369 e. The van der Waals surface area contributed by atoms with E-state index in [4.69, 9.17) is 5.73 Å². The predicted molar refractivity (Wildman–Crippen MR) is 68.4 cm³/mol. The number of anilines is 1. The van der Waals surface area contributed by atoms with Crippen molar-refractivity contribution in [1.82, 2.24) is 9.55 Å². The van der Waals surface area contributed by atoms with Crippen LogP contribution in [-0.2, 0) is 16.4 Å². The van der Waals surface area contributed by atoms with E-state index in [1.54, 1.807) is 19.1 Å². The molecule has 0 atom stereocenters. The third-order valence-electron chi connectivity index (χ3n) is 2.82. The lowest BCUT2D eigenvalue weighted by Crippen LogP contribution is -2.15. The van der Waals surface area contributed by atoms with E-state index in [0.29, 0.717) is 5.52 Å². The zero-order valence-electron chi connectivity index (χ0n) is 9.93. The second-order valence-corrected chi connectivity index (χ2v) is 6.44. The number of sulfone groups is 1. The van der Waals surface area contributed by atoms with Crippen molar-refractivity contribution in [3.63, 3.8) is 0 Å². The molecule has 0 radical (unpaired) electrons. The normalized spacial score (nSPS) is 12.1. The van der Waals surface area contributed by atoms with Gasteiger partial charge in [0.15, 0.2) is 15.7 Å². The lowest BCUT2D eigenvalue weighted by atomic mass is 10.3. The van der Waals surface area contributed by atoms with Gasteiger partial charge in [0, 0.05) is 12.3 Å². The molecule has 0 amide bonds. The van der Waals surface area contributed by atoms with E-state index in [-0.39, 0.29) is 29.5 Å². The van der Waals surface area contributed by atoms with E-state index in [9.17, 15) is 12.8 Å². The van der Waals surface area contributed by atoms with Gasteiger partial charge in [-0.1, -0.05) is 13.0 Å². The molecule has 0 bridgehead atoms. The molecule has 0 aliphatic rings. The Morgan fingerprint density at radius 2 is 2.17 bits per heavy atom. The van der Waals surface area contributed by atoms with E-state index in [1.807, 2.05) is 0 Å². The summed E-state index contributed by atoms with van der Waals surface area (Å²) in [7, 11) is -3.09. The lowest BCUT2D eigenvalue weighted by Gasteiger charge is -2.06. The fourth-order valence-corrected chi connectivity index (χ4v) is 2.49. The molecule has 0 aliphatic carbocycles. The number of halogens is 1. The van der Waals surface area contributed by atoms with Gasteiger partial charge in [0.2, 0.25) is 5.95 Å². The van der Waals surface area contributed by atoms with Crippen molar-refractivity contribution in [2.75, 3.05) is 17.2 Å². The highest BCUT2D eigenvalue weighted by atomic mass is 32.2. The maximum atomic E-state index is 13.5. The number of fused-ring (bicyclic) bond motifs is 1. The van der Waals surface area contributed by atoms with Gasteiger partial charge in [0.05, 0.1) is 11.3 Å². The van der Waals surface area contributed by atoms with Crippen molar-refractivity contribution in [1.29, 1.82) is 0 Å². The number of benzene rings is 1. The Bertz CT molecular complexity index is 679. The van der Waals surface area contributed by atoms with Gasteiger partial charge in [-0.3, -0.25) is 0 Å². The Morgan fingerprint density at radius 1 is 1.44 bits per heavy atom. The highest BCUT2D eigenvalue weighted by molar-refractivity contribution is 7.91. The molecule has 1 heterocycles. The van der Waals surface area contributed by atoms with Gasteiger partial charge >= 0.3 is 0 Å². The molecule has 0 fully saturated rings. The van der Waals surface area contributed by atoms with Crippen LogP contribution >= 0.6 is 0 Å². The number of hydrogen-bond donors (Lipinski definition) is 1. The number of aryl methyl sites for hydroxylation is 1. The van der Waals surface area contributed by atoms with Crippen LogP contribution in [0.4, 0.5) is 10.3 Å². The summed E-state index contributed by atoms with van der Waals surface area (Å²) < 4.78 is 37.9. The van der Waals surface area contributed by atoms with Crippen LogP contribution in [0.3, 0.4) is 0 Å². The van der Waals surface area contributed by atoms with Crippen LogP contribution in [0.5, 0.6) is 0 Å². The summed E-state index contributed by atoms with van der Waals surface area (Å²) in [5.41, 5.74) is 6.37. The van der Waals surface area contributed by atoms with Crippen LogP contribution in [0.15, 0.2) is 18.2 Å². The maximum Gasteiger partial charge on any atom is 0.201 e. The average molecular weight is 271 g/mol. The summed E-state index contributed by atoms with van der Waals surface area (Å²) in [5.74, 6) is -0.290. The number of rotatable bonds is 4. The van der Waals surface area contributed by atoms with Crippen molar-refractivity contribution in [2.24, 2.45) is 0 Å². The Labute approximate surface area is 104 Å². The summed E-state index contributed by atoms with van der Waals surface area (Å²) in [5, 5.41) is 0. The predicted octanol–water partition coefficient (Wildman–Crippen LogP) is 1.19. The van der Waals surface area contributed by atoms with Crippen LogP contribution < -0.4 is 5.73 Å². The van der Waals surface area contributed by atoms with Gasteiger partial charge in [0.25, 0.3) is 0 Å². The average Bonchev–Trinajstić information content (AvgIpc) is 2.65. The van der Waals surface area contributed by atoms with Gasteiger partial charge in [-0.15, -0.1) is 0 Å². The molecule has 0 spiro atoms. The first-order valence-electron chi connectivity index (χ1n) is 5.55. The Hall–Kier alpha value is -1.63. The summed E-state index contributed by atoms with van der Waals surface area (Å²) in [6.45, 7) is 1.77. The Balaban J connectivity index is 2.40. The first-order valence-corrected chi connectivity index (χ1v) is 7.37. The fourth-order valence-electron chi connectivity index (χ4n) is 1.74. The molecule has 2 rings (SSSR count). The minimum Gasteiger partial charge on any atom is -0.369 e. The smallest absolute Gasteiger partial charge is 0.201 e. The van der Waals surface area contributed by atoms with Crippen molar-refractivity contribution in [3.8, 4) is 0 Å². The standard InChI is InChI=1S/C11H14FN3O2S/c1-2-18(16,17)7-6-15-9-5-3-4-8(12)10(9)14-11(15)13/h3-5H,2,6-7H2,1H3,(H2,13,14). The molecule has 18 heavy (non-hydrogen) atoms. The number of para-hydroxylation sites is 1. The van der Waals surface area contributed by atoms with Crippen LogP contribution in [0, 0.1) is 5.82 Å². The molecule has 2 aromatic rings. The van der Waals surface area contributed by atoms with Crippen LogP contribution in [0.2, 0.25) is 0 Å². The molecule has 0 aliphatic heterocycles. The minimum absolute atomic E-state index is 0.0321. The van der Waals surface area contributed by atoms with E-state index >= 15 is 0 Å². The molecule has 2 N–H and O–H groups in total. The van der Waals surface area contributed by atoms with Crippen LogP contribution in [0.1, 0.15) is 6.92 Å². The molecule has 5 nitrogen and oxygen atoms in total. The first-order chi connectivity index (χ1) is 8.44. The van der Waals surface area contributed by atoms with E-state index < -0.39 is 15.7 Å². The van der Waals surface area contributed by atoms with E-state index in [0.717, 1.165) is 0 Å². The van der Waals surface area contributed by atoms with E-state index in [2.05, 4.69) is 4.98 Å². The maximum absolute atomic E-state index is 13.5. The molecule has 0 unspecified atom stereocenters. The van der Waals surface area contributed by atoms with Gasteiger partial charge in [-0.2, -0.15) is 0 Å². The first kappa shape index (κ1) is 12.8. The molecule has 1 aromatic heterocycles. The summed E-state index contributed by atoms with van der Waals surface area (Å²) in [6, 6.07) is 4.51. The van der Waals surface area contributed by atoms with Crippen molar-refractivity contribution >= 4 is 26.8 Å². The number of nitrogens with two attached hydrogens (primary N) is 1. The van der Waals surface area contributed by atoms with Gasteiger partial charge < -0.3 is 10.3 Å². The van der Waals surface area contributed by atoms with Crippen LogP contribution in [0.25, 0.3) is 11.0 Å². The molecule has 7 heteroatoms. The molecular formula is C11H14FN3O2S. The second-order valence-electron chi connectivity index (χ2n) is 3.97. The second kappa shape index (κ2) is 4.56. The van der Waals surface area contributed by atoms with Crippen molar-refractivity contribution < 1.29 is 12.8 Å². The summed E-state index contributed by atoms with van der Waals surface area (Å²) in [6.07, 6.45) is 0. The lowest BCUT2D eigenvalue weighted by molar-refractivity contribution is 0.591. The molecule has 1 aromatic carbocycles. The Kier molecular flexibility index (Phi) is 3.25. The third kappa shape index (κ3) is 2.31. The zero-order valence-corrected chi connectivity index (χ0v) is 10.7. The van der Waals surface area contributed by atoms with Gasteiger partial charge in [-0.25, -0.2) is 17.8 Å². The third-order valence-corrected chi connectivity index (χ3v) is 4.51. The summed E-state index contributed by atoms with van der Waals surface area (Å²) >= 11 is 0. The van der Waals surface area contributed by atoms with Crippen LogP contribution in [-0.4, -0.2) is 29.5 Å². The number of aromatic nitrogens is 2. The topological polar surface area (TPSA) is 78.0 Å². The number of hydrogen-bond acceptors (Lipinski definition) is 4. The minimum atomic E-state index is -3.09. The molecular weight excluding hydrogens is 257 g/mol. The SMILES string of the molecule is CCS(=O)(=O)CCn1c(N)nc2c(F)cccc21. The number of imidazole rings is 1. The number of nitrogens with zero attached hydrogens (tertiary/aromatic N) is 2. The van der Waals surface area contributed by atoms with Gasteiger partial charge in [-0.05, 0) is 12.1 Å². The van der Waals surface area contributed by atoms with Crippen molar-refractivity contribution in [2.45, 2.75) is 13.5 Å². The summed E-state index contributed by atoms with van der Waals surface area (Å²) in [4.78, 5) is 3.91. The zero-order chi connectivity index (χ0) is 13.3. The highest BCUT2D eigenvalue weighted by Gasteiger charge is 2.14. The molecule has 0 saturated carbocycles. The quantitative estimate of drug-likeness (QED) is 0.906. The van der Waals surface area contributed by atoms with Gasteiger partial charge in [0.1, 0.15) is 5.52 Å². The fraction of sp³-hybridized carbons (Fsp3) is 0.364. The molecule has 98 valence electrons. The monoisotopic (exact) mass is 271 g/mol. The molecule has 0 saturated heterocycles. The van der Waals surface area contributed by atoms with E-state index in [1.165, 1.54) is 10.6 Å². The number of nitrogen functional groups attached to an aromatic ring is 1. The Morgan fingerprint density at radius 3 is 2.83 bits per heavy atom. The highest BCUT2D eigenvalue weighted by Crippen LogP contribution is 2.20. The van der Waals surface area contributed by atoms with Crippen molar-refractivity contribution in [3.05, 3.63) is 24.0 Å².